The number of anilines is 1. The van der Waals surface area contributed by atoms with Crippen molar-refractivity contribution in [2.45, 2.75) is 38.3 Å². The quantitative estimate of drug-likeness (QED) is 0.803. The molecule has 2 heterocycles. The molecule has 2 aromatic rings. The van der Waals surface area contributed by atoms with Gasteiger partial charge in [-0.25, -0.2) is 4.39 Å². The average molecular weight is 418 g/mol. The van der Waals surface area contributed by atoms with Crippen molar-refractivity contribution in [1.29, 1.82) is 0 Å². The normalized spacial score (nSPS) is 20.6. The van der Waals surface area contributed by atoms with Crippen molar-refractivity contribution >= 4 is 29.9 Å². The number of benzene rings is 2. The number of nitrogens with one attached hydrogen (secondary N) is 2. The second-order valence-corrected chi connectivity index (χ2v) is 7.65. The van der Waals surface area contributed by atoms with E-state index in [0.717, 1.165) is 18.5 Å². The summed E-state index contributed by atoms with van der Waals surface area (Å²) in [5.74, 6) is -0.885. The van der Waals surface area contributed by atoms with E-state index in [0.29, 0.717) is 37.1 Å². The van der Waals surface area contributed by atoms with Crippen LogP contribution in [0.2, 0.25) is 0 Å². The fourth-order valence-corrected chi connectivity index (χ4v) is 4.15. The van der Waals surface area contributed by atoms with E-state index < -0.39 is 5.54 Å². The molecule has 1 saturated heterocycles. The summed E-state index contributed by atoms with van der Waals surface area (Å²) < 4.78 is 14.9. The molecule has 1 fully saturated rings. The number of likely N-dealkylation sites (tertiary alicyclic amines) is 1. The fourth-order valence-electron chi connectivity index (χ4n) is 4.15. The summed E-state index contributed by atoms with van der Waals surface area (Å²) in [4.78, 5) is 27.7. The van der Waals surface area contributed by atoms with Crippen LogP contribution < -0.4 is 10.6 Å². The van der Waals surface area contributed by atoms with Gasteiger partial charge in [0.2, 0.25) is 5.91 Å². The summed E-state index contributed by atoms with van der Waals surface area (Å²) in [5, 5.41) is 5.97. The van der Waals surface area contributed by atoms with Crippen molar-refractivity contribution in [2.24, 2.45) is 0 Å². The van der Waals surface area contributed by atoms with Gasteiger partial charge in [-0.2, -0.15) is 0 Å². The lowest BCUT2D eigenvalue weighted by Gasteiger charge is -2.34. The lowest BCUT2D eigenvalue weighted by atomic mass is 9.95. The van der Waals surface area contributed by atoms with Gasteiger partial charge in [-0.3, -0.25) is 9.59 Å². The summed E-state index contributed by atoms with van der Waals surface area (Å²) in [6.07, 6.45) is 1.88. The van der Waals surface area contributed by atoms with Crippen LogP contribution in [0.3, 0.4) is 0 Å². The molecule has 7 heteroatoms. The topological polar surface area (TPSA) is 61.4 Å². The Kier molecular flexibility index (Phi) is 6.24. The van der Waals surface area contributed by atoms with Crippen LogP contribution in [0.25, 0.3) is 0 Å². The molecule has 0 aliphatic carbocycles. The lowest BCUT2D eigenvalue weighted by molar-refractivity contribution is -0.124. The van der Waals surface area contributed by atoms with Crippen molar-refractivity contribution in [2.75, 3.05) is 18.4 Å². The van der Waals surface area contributed by atoms with E-state index in [1.165, 1.54) is 0 Å². The van der Waals surface area contributed by atoms with Crippen molar-refractivity contribution in [3.63, 3.8) is 0 Å². The van der Waals surface area contributed by atoms with Gasteiger partial charge in [0.1, 0.15) is 11.4 Å². The van der Waals surface area contributed by atoms with Gasteiger partial charge in [0, 0.05) is 18.7 Å². The van der Waals surface area contributed by atoms with Crippen LogP contribution >= 0.6 is 12.4 Å². The van der Waals surface area contributed by atoms with Gasteiger partial charge in [0.15, 0.2) is 0 Å². The van der Waals surface area contributed by atoms with Crippen LogP contribution in [0.1, 0.15) is 41.3 Å². The van der Waals surface area contributed by atoms with Gasteiger partial charge in [-0.15, -0.1) is 12.4 Å². The van der Waals surface area contributed by atoms with Crippen LogP contribution in [0.5, 0.6) is 0 Å². The van der Waals surface area contributed by atoms with Crippen LogP contribution in [-0.2, 0) is 17.8 Å². The number of amides is 2. The van der Waals surface area contributed by atoms with Gasteiger partial charge in [0.25, 0.3) is 5.91 Å². The summed E-state index contributed by atoms with van der Waals surface area (Å²) in [6, 6.07) is 12.4. The minimum atomic E-state index is -1.00. The second-order valence-electron chi connectivity index (χ2n) is 7.65. The maximum atomic E-state index is 14.9. The largest absolute Gasteiger partial charge is 0.324 e. The fraction of sp³-hybridized carbons (Fsp3) is 0.364. The molecule has 2 N–H and O–H groups in total. The van der Waals surface area contributed by atoms with Gasteiger partial charge in [-0.1, -0.05) is 24.3 Å². The smallest absolute Gasteiger partial charge is 0.254 e. The monoisotopic (exact) mass is 417 g/mol. The van der Waals surface area contributed by atoms with E-state index in [-0.39, 0.29) is 35.7 Å². The molecule has 5 nitrogen and oxygen atoms in total. The van der Waals surface area contributed by atoms with Crippen molar-refractivity contribution in [3.8, 4) is 0 Å². The van der Waals surface area contributed by atoms with Gasteiger partial charge < -0.3 is 15.5 Å². The Hall–Kier alpha value is -2.44. The first kappa shape index (κ1) is 21.3. The summed E-state index contributed by atoms with van der Waals surface area (Å²) in [7, 11) is 0. The molecule has 0 saturated carbocycles. The van der Waals surface area contributed by atoms with Crippen LogP contribution in [-0.4, -0.2) is 35.3 Å². The number of carbonyl (C=O) groups excluding carboxylic acids is 2. The minimum Gasteiger partial charge on any atom is -0.324 e. The zero-order valence-corrected chi connectivity index (χ0v) is 17.2. The number of hydrogen-bond acceptors (Lipinski definition) is 3. The molecule has 2 aromatic carbocycles. The molecule has 2 amide bonds. The lowest BCUT2D eigenvalue weighted by Crippen LogP contribution is -2.53. The maximum absolute atomic E-state index is 14.9. The molecule has 154 valence electrons. The number of hydrogen-bond donors (Lipinski definition) is 2. The van der Waals surface area contributed by atoms with E-state index in [1.54, 1.807) is 42.2 Å². The SMILES string of the molecule is CC1(C(=O)Nc2ccc3c(c2F)CCNC3)CCCN1C(=O)c1ccccc1.Cl. The first-order chi connectivity index (χ1) is 13.5. The predicted molar refractivity (Wildman–Crippen MR) is 113 cm³/mol. The highest BCUT2D eigenvalue weighted by Gasteiger charge is 2.46. The molecular formula is C22H25ClFN3O2. The molecular weight excluding hydrogens is 393 g/mol. The Morgan fingerprint density at radius 2 is 1.93 bits per heavy atom. The number of nitrogens with zero attached hydrogens (tertiary/aromatic N) is 1. The Bertz CT molecular complexity index is 922. The molecule has 0 bridgehead atoms. The van der Waals surface area contributed by atoms with Crippen molar-refractivity contribution < 1.29 is 14.0 Å². The van der Waals surface area contributed by atoms with Crippen LogP contribution in [0, 0.1) is 5.82 Å². The van der Waals surface area contributed by atoms with Crippen LogP contribution in [0.15, 0.2) is 42.5 Å². The Labute approximate surface area is 176 Å². The van der Waals surface area contributed by atoms with E-state index in [9.17, 15) is 14.0 Å². The van der Waals surface area contributed by atoms with E-state index in [1.807, 2.05) is 12.1 Å². The third-order valence-electron chi connectivity index (χ3n) is 5.85. The molecule has 0 spiro atoms. The third kappa shape index (κ3) is 3.87. The molecule has 4 rings (SSSR count). The van der Waals surface area contributed by atoms with Gasteiger partial charge >= 0.3 is 0 Å². The number of rotatable bonds is 3. The molecule has 0 aromatic heterocycles. The Morgan fingerprint density at radius 3 is 2.69 bits per heavy atom. The summed E-state index contributed by atoms with van der Waals surface area (Å²) >= 11 is 0. The third-order valence-corrected chi connectivity index (χ3v) is 5.85. The van der Waals surface area contributed by atoms with Crippen molar-refractivity contribution in [1.82, 2.24) is 10.2 Å². The molecule has 29 heavy (non-hydrogen) atoms. The maximum Gasteiger partial charge on any atom is 0.254 e. The molecule has 1 unspecified atom stereocenters. The number of fused-ring (bicyclic) bond motifs is 1. The van der Waals surface area contributed by atoms with Gasteiger partial charge in [0.05, 0.1) is 5.69 Å². The average Bonchev–Trinajstić information content (AvgIpc) is 3.13. The van der Waals surface area contributed by atoms with E-state index in [2.05, 4.69) is 10.6 Å². The Morgan fingerprint density at radius 1 is 1.17 bits per heavy atom. The zero-order chi connectivity index (χ0) is 19.7. The molecule has 0 radical (unpaired) electrons. The highest BCUT2D eigenvalue weighted by atomic mass is 35.5. The molecule has 2 aliphatic rings. The van der Waals surface area contributed by atoms with E-state index >= 15 is 0 Å². The van der Waals surface area contributed by atoms with Crippen molar-refractivity contribution in [3.05, 3.63) is 65.0 Å². The first-order valence-electron chi connectivity index (χ1n) is 9.70. The van der Waals surface area contributed by atoms with Crippen LogP contribution in [0.4, 0.5) is 10.1 Å². The highest BCUT2D eigenvalue weighted by molar-refractivity contribution is 6.04. The summed E-state index contributed by atoms with van der Waals surface area (Å²) in [5.41, 5.74) is 1.32. The highest BCUT2D eigenvalue weighted by Crippen LogP contribution is 2.33. The standard InChI is InChI=1S/C22H24FN3O2.ClH/c1-22(11-5-13-26(22)20(27)15-6-3-2-4-7-15)21(28)25-18-9-8-16-14-24-12-10-17(16)19(18)23;/h2-4,6-9,24H,5,10-14H2,1H3,(H,25,28);1H. The zero-order valence-electron chi connectivity index (χ0n) is 16.3. The predicted octanol–water partition coefficient (Wildman–Crippen LogP) is 3.53. The molecule has 1 atom stereocenters. The number of halogens is 2. The Balaban J connectivity index is 0.00000240. The number of carbonyl (C=O) groups is 2. The first-order valence-corrected chi connectivity index (χ1v) is 9.70. The second kappa shape index (κ2) is 8.51. The van der Waals surface area contributed by atoms with E-state index in [4.69, 9.17) is 0 Å². The minimum absolute atomic E-state index is 0. The molecule has 2 aliphatic heterocycles. The van der Waals surface area contributed by atoms with Gasteiger partial charge in [-0.05, 0) is 62.1 Å². The summed E-state index contributed by atoms with van der Waals surface area (Å²) in [6.45, 7) is 3.63.